The Hall–Kier alpha value is -2.45. The van der Waals surface area contributed by atoms with E-state index < -0.39 is 0 Å². The number of rotatable bonds is 6. The fourth-order valence-electron chi connectivity index (χ4n) is 2.59. The molecule has 0 aliphatic heterocycles. The first-order valence-electron chi connectivity index (χ1n) is 8.13. The van der Waals surface area contributed by atoms with Crippen molar-refractivity contribution in [2.45, 2.75) is 17.5 Å². The van der Waals surface area contributed by atoms with Gasteiger partial charge in [0.15, 0.2) is 11.0 Å². The van der Waals surface area contributed by atoms with Gasteiger partial charge in [-0.1, -0.05) is 33.8 Å². The first kappa shape index (κ1) is 17.9. The Bertz CT molecular complexity index is 1040. The van der Waals surface area contributed by atoms with Crippen molar-refractivity contribution in [2.75, 3.05) is 0 Å². The van der Waals surface area contributed by atoms with Crippen LogP contribution < -0.4 is 0 Å². The molecule has 0 spiro atoms. The van der Waals surface area contributed by atoms with E-state index in [-0.39, 0.29) is 5.82 Å². The van der Waals surface area contributed by atoms with E-state index >= 15 is 0 Å². The maximum atomic E-state index is 14.1. The van der Waals surface area contributed by atoms with Gasteiger partial charge in [-0.05, 0) is 42.0 Å². The van der Waals surface area contributed by atoms with Crippen LogP contribution in [0.1, 0.15) is 11.3 Å². The van der Waals surface area contributed by atoms with E-state index in [1.807, 2.05) is 34.9 Å². The average Bonchev–Trinajstić information content (AvgIpc) is 3.32. The van der Waals surface area contributed by atoms with Crippen LogP contribution in [0.3, 0.4) is 0 Å². The van der Waals surface area contributed by atoms with Gasteiger partial charge in [-0.15, -0.1) is 10.2 Å². The highest BCUT2D eigenvalue weighted by Crippen LogP contribution is 2.28. The molecular formula is C19H14BrFN4OS. The van der Waals surface area contributed by atoms with Gasteiger partial charge in [0, 0.05) is 28.2 Å². The number of halogens is 2. The molecule has 4 aromatic rings. The summed E-state index contributed by atoms with van der Waals surface area (Å²) in [6.45, 7) is 0.482. The highest BCUT2D eigenvalue weighted by molar-refractivity contribution is 9.10. The fraction of sp³-hybridized carbons (Fsp3) is 0.105. The lowest BCUT2D eigenvalue weighted by molar-refractivity contribution is 0.485. The van der Waals surface area contributed by atoms with Crippen molar-refractivity contribution in [1.82, 2.24) is 19.7 Å². The van der Waals surface area contributed by atoms with Gasteiger partial charge in [-0.3, -0.25) is 9.55 Å². The molecule has 0 radical (unpaired) electrons. The Morgan fingerprint density at radius 3 is 2.81 bits per heavy atom. The lowest BCUT2D eigenvalue weighted by atomic mass is 10.2. The Labute approximate surface area is 167 Å². The number of pyridine rings is 1. The minimum absolute atomic E-state index is 0.249. The van der Waals surface area contributed by atoms with Crippen molar-refractivity contribution < 1.29 is 8.81 Å². The predicted octanol–water partition coefficient (Wildman–Crippen LogP) is 5.18. The highest BCUT2D eigenvalue weighted by Gasteiger charge is 2.16. The van der Waals surface area contributed by atoms with Crippen LogP contribution in [0.15, 0.2) is 75.2 Å². The van der Waals surface area contributed by atoms with E-state index in [4.69, 9.17) is 4.42 Å². The molecule has 5 nitrogen and oxygen atoms in total. The first-order valence-corrected chi connectivity index (χ1v) is 9.91. The summed E-state index contributed by atoms with van der Waals surface area (Å²) in [7, 11) is 0. The SMILES string of the molecule is Fc1cc(Br)ccc1CSc1nnc(-c2cccnc2)n1Cc1ccco1. The van der Waals surface area contributed by atoms with E-state index in [0.717, 1.165) is 11.3 Å². The molecule has 0 aliphatic rings. The van der Waals surface area contributed by atoms with Crippen LogP contribution in [0.5, 0.6) is 0 Å². The minimum atomic E-state index is -0.249. The standard InChI is InChI=1S/C19H14BrFN4OS/c20-15-6-5-14(17(21)9-15)12-27-19-24-23-18(13-3-1-7-22-10-13)25(19)11-16-4-2-8-26-16/h1-10H,11-12H2. The fourth-order valence-corrected chi connectivity index (χ4v) is 3.84. The second kappa shape index (κ2) is 8.06. The molecule has 0 N–H and O–H groups in total. The van der Waals surface area contributed by atoms with Gasteiger partial charge < -0.3 is 4.42 Å². The van der Waals surface area contributed by atoms with Crippen LogP contribution in [-0.4, -0.2) is 19.7 Å². The zero-order chi connectivity index (χ0) is 18.6. The van der Waals surface area contributed by atoms with Gasteiger partial charge in [-0.2, -0.15) is 0 Å². The summed E-state index contributed by atoms with van der Waals surface area (Å²) >= 11 is 4.71. The molecule has 1 aromatic carbocycles. The molecule has 0 amide bonds. The van der Waals surface area contributed by atoms with Crippen molar-refractivity contribution in [3.8, 4) is 11.4 Å². The molecule has 0 bridgehead atoms. The molecule has 27 heavy (non-hydrogen) atoms. The minimum Gasteiger partial charge on any atom is -0.467 e. The van der Waals surface area contributed by atoms with E-state index in [1.165, 1.54) is 17.8 Å². The smallest absolute Gasteiger partial charge is 0.192 e. The summed E-state index contributed by atoms with van der Waals surface area (Å²) in [4.78, 5) is 4.16. The predicted molar refractivity (Wildman–Crippen MR) is 105 cm³/mol. The summed E-state index contributed by atoms with van der Waals surface area (Å²) < 4.78 is 22.3. The van der Waals surface area contributed by atoms with Gasteiger partial charge in [0.25, 0.3) is 0 Å². The van der Waals surface area contributed by atoms with Gasteiger partial charge in [0.05, 0.1) is 12.8 Å². The molecule has 0 saturated heterocycles. The Balaban J connectivity index is 1.64. The third-order valence-electron chi connectivity index (χ3n) is 3.90. The van der Waals surface area contributed by atoms with Crippen molar-refractivity contribution >= 4 is 27.7 Å². The average molecular weight is 445 g/mol. The Morgan fingerprint density at radius 2 is 2.07 bits per heavy atom. The van der Waals surface area contributed by atoms with Gasteiger partial charge in [-0.25, -0.2) is 4.39 Å². The Kier molecular flexibility index (Phi) is 5.35. The molecule has 3 heterocycles. The topological polar surface area (TPSA) is 56.7 Å². The van der Waals surface area contributed by atoms with Crippen LogP contribution in [-0.2, 0) is 12.3 Å². The summed E-state index contributed by atoms with van der Waals surface area (Å²) in [6.07, 6.45) is 5.08. The molecule has 0 aliphatic carbocycles. The number of benzene rings is 1. The van der Waals surface area contributed by atoms with Crippen LogP contribution >= 0.6 is 27.7 Å². The normalized spacial score (nSPS) is 11.0. The zero-order valence-corrected chi connectivity index (χ0v) is 16.5. The number of furan rings is 1. The number of hydrogen-bond donors (Lipinski definition) is 0. The lowest BCUT2D eigenvalue weighted by Gasteiger charge is -2.09. The summed E-state index contributed by atoms with van der Waals surface area (Å²) in [5.74, 6) is 1.68. The maximum absolute atomic E-state index is 14.1. The number of thioether (sulfide) groups is 1. The van der Waals surface area contributed by atoms with Crippen molar-refractivity contribution in [3.63, 3.8) is 0 Å². The number of aromatic nitrogens is 4. The third kappa shape index (κ3) is 4.12. The van der Waals surface area contributed by atoms with E-state index in [1.54, 1.807) is 24.7 Å². The van der Waals surface area contributed by atoms with Crippen LogP contribution in [0.4, 0.5) is 4.39 Å². The summed E-state index contributed by atoms with van der Waals surface area (Å²) in [6, 6.07) is 12.6. The quantitative estimate of drug-likeness (QED) is 0.383. The van der Waals surface area contributed by atoms with Crippen LogP contribution in [0.2, 0.25) is 0 Å². The highest BCUT2D eigenvalue weighted by atomic mass is 79.9. The molecule has 0 atom stereocenters. The summed E-state index contributed by atoms with van der Waals surface area (Å²) in [5.41, 5.74) is 1.47. The molecule has 136 valence electrons. The van der Waals surface area contributed by atoms with Crippen molar-refractivity contribution in [2.24, 2.45) is 0 Å². The maximum Gasteiger partial charge on any atom is 0.192 e. The molecule has 4 rings (SSSR count). The van der Waals surface area contributed by atoms with Crippen LogP contribution in [0.25, 0.3) is 11.4 Å². The van der Waals surface area contributed by atoms with Crippen LogP contribution in [0, 0.1) is 5.82 Å². The first-order chi connectivity index (χ1) is 13.2. The summed E-state index contributed by atoms with van der Waals surface area (Å²) in [5, 5.41) is 9.32. The molecular weight excluding hydrogens is 431 g/mol. The largest absolute Gasteiger partial charge is 0.467 e. The van der Waals surface area contributed by atoms with Gasteiger partial charge in [0.2, 0.25) is 0 Å². The second-order valence-corrected chi connectivity index (χ2v) is 7.60. The molecule has 3 aromatic heterocycles. The third-order valence-corrected chi connectivity index (χ3v) is 5.41. The number of nitrogens with zero attached hydrogens (tertiary/aromatic N) is 4. The van der Waals surface area contributed by atoms with Gasteiger partial charge in [0.1, 0.15) is 11.6 Å². The van der Waals surface area contributed by atoms with Gasteiger partial charge >= 0.3 is 0 Å². The van der Waals surface area contributed by atoms with Crippen molar-refractivity contribution in [3.05, 3.63) is 82.7 Å². The molecule has 8 heteroatoms. The molecule has 0 saturated carbocycles. The zero-order valence-electron chi connectivity index (χ0n) is 14.0. The number of hydrogen-bond acceptors (Lipinski definition) is 5. The second-order valence-electron chi connectivity index (χ2n) is 5.74. The van der Waals surface area contributed by atoms with E-state index in [2.05, 4.69) is 31.1 Å². The lowest BCUT2D eigenvalue weighted by Crippen LogP contribution is -2.03. The monoisotopic (exact) mass is 444 g/mol. The van der Waals surface area contributed by atoms with E-state index in [9.17, 15) is 4.39 Å². The molecule has 0 fully saturated rings. The Morgan fingerprint density at radius 1 is 1.15 bits per heavy atom. The van der Waals surface area contributed by atoms with E-state index in [0.29, 0.717) is 33.3 Å². The molecule has 0 unspecified atom stereocenters. The van der Waals surface area contributed by atoms with Crippen molar-refractivity contribution in [1.29, 1.82) is 0 Å².